The van der Waals surface area contributed by atoms with Crippen LogP contribution in [0.15, 0.2) is 18.3 Å². The number of hydrogen-bond donors (Lipinski definition) is 1. The number of fused-ring (bicyclic) bond motifs is 2. The Morgan fingerprint density at radius 1 is 1.42 bits per heavy atom. The first kappa shape index (κ1) is 12.1. The second-order valence-corrected chi connectivity index (χ2v) is 5.33. The number of aliphatic carboxylic acids is 1. The largest absolute Gasteiger partial charge is 0.481 e. The molecule has 2 aliphatic rings. The zero-order valence-corrected chi connectivity index (χ0v) is 10.7. The van der Waals surface area contributed by atoms with Crippen LogP contribution >= 0.6 is 0 Å². The van der Waals surface area contributed by atoms with Gasteiger partial charge in [0.15, 0.2) is 0 Å². The van der Waals surface area contributed by atoms with Crippen molar-refractivity contribution in [1.29, 1.82) is 0 Å². The molecule has 0 aromatic carbocycles. The van der Waals surface area contributed by atoms with Gasteiger partial charge in [-0.05, 0) is 38.3 Å². The van der Waals surface area contributed by atoms with E-state index in [2.05, 4.69) is 4.98 Å². The molecule has 1 aromatic rings. The molecule has 0 saturated carbocycles. The molecule has 0 radical (unpaired) electrons. The fourth-order valence-electron chi connectivity index (χ4n) is 3.42. The maximum absolute atomic E-state index is 12.6. The van der Waals surface area contributed by atoms with Gasteiger partial charge in [-0.2, -0.15) is 0 Å². The van der Waals surface area contributed by atoms with E-state index < -0.39 is 11.9 Å². The molecule has 2 saturated heterocycles. The summed E-state index contributed by atoms with van der Waals surface area (Å²) in [7, 11) is 0. The molecular weight excluding hydrogens is 244 g/mol. The fourth-order valence-corrected chi connectivity index (χ4v) is 3.42. The van der Waals surface area contributed by atoms with Gasteiger partial charge < -0.3 is 10.0 Å². The number of carboxylic acids is 1. The zero-order valence-electron chi connectivity index (χ0n) is 10.7. The molecule has 2 bridgehead atoms. The van der Waals surface area contributed by atoms with E-state index >= 15 is 0 Å². The molecule has 1 N–H and O–H groups in total. The molecule has 5 heteroatoms. The van der Waals surface area contributed by atoms with Crippen LogP contribution in [0.25, 0.3) is 0 Å². The van der Waals surface area contributed by atoms with E-state index in [4.69, 9.17) is 0 Å². The van der Waals surface area contributed by atoms with Crippen LogP contribution in [0.2, 0.25) is 0 Å². The van der Waals surface area contributed by atoms with Gasteiger partial charge in [0.1, 0.15) is 0 Å². The minimum atomic E-state index is -0.784. The lowest BCUT2D eigenvalue weighted by atomic mass is 9.89. The lowest BCUT2D eigenvalue weighted by Gasteiger charge is -2.23. The Kier molecular flexibility index (Phi) is 2.77. The summed E-state index contributed by atoms with van der Waals surface area (Å²) < 4.78 is 0. The van der Waals surface area contributed by atoms with Gasteiger partial charge in [0, 0.05) is 24.0 Å². The Morgan fingerprint density at radius 2 is 2.21 bits per heavy atom. The molecule has 0 spiro atoms. The summed E-state index contributed by atoms with van der Waals surface area (Å²) >= 11 is 0. The number of carbonyl (C=O) groups excluding carboxylic acids is 1. The topological polar surface area (TPSA) is 70.5 Å². The van der Waals surface area contributed by atoms with E-state index in [1.54, 1.807) is 30.2 Å². The third-order valence-electron chi connectivity index (χ3n) is 4.33. The van der Waals surface area contributed by atoms with Crippen LogP contribution in [-0.2, 0) is 4.79 Å². The summed E-state index contributed by atoms with van der Waals surface area (Å²) in [5.41, 5.74) is 1.29. The summed E-state index contributed by atoms with van der Waals surface area (Å²) in [4.78, 5) is 29.7. The number of hydrogen-bond acceptors (Lipinski definition) is 3. The van der Waals surface area contributed by atoms with Crippen molar-refractivity contribution in [2.75, 3.05) is 0 Å². The highest BCUT2D eigenvalue weighted by Crippen LogP contribution is 2.42. The van der Waals surface area contributed by atoms with Gasteiger partial charge in [0.05, 0.1) is 11.5 Å². The number of aryl methyl sites for hydroxylation is 1. The molecule has 3 rings (SSSR count). The highest BCUT2D eigenvalue weighted by Gasteiger charge is 2.51. The summed E-state index contributed by atoms with van der Waals surface area (Å²) in [5, 5.41) is 9.21. The van der Waals surface area contributed by atoms with E-state index in [1.165, 1.54) is 0 Å². The van der Waals surface area contributed by atoms with Crippen LogP contribution in [0.5, 0.6) is 0 Å². The van der Waals surface area contributed by atoms with Crippen LogP contribution in [0, 0.1) is 12.8 Å². The Balaban J connectivity index is 1.90. The van der Waals surface area contributed by atoms with E-state index in [9.17, 15) is 14.7 Å². The molecule has 3 heterocycles. The first-order valence-electron chi connectivity index (χ1n) is 6.56. The minimum absolute atomic E-state index is 0.0677. The first-order chi connectivity index (χ1) is 9.09. The third-order valence-corrected chi connectivity index (χ3v) is 4.33. The predicted molar refractivity (Wildman–Crippen MR) is 67.7 cm³/mol. The van der Waals surface area contributed by atoms with Gasteiger partial charge in [0.25, 0.3) is 5.91 Å². The molecule has 19 heavy (non-hydrogen) atoms. The van der Waals surface area contributed by atoms with Crippen molar-refractivity contribution < 1.29 is 14.7 Å². The minimum Gasteiger partial charge on any atom is -0.481 e. The van der Waals surface area contributed by atoms with Crippen molar-refractivity contribution >= 4 is 11.9 Å². The van der Waals surface area contributed by atoms with Crippen LogP contribution in [0.4, 0.5) is 0 Å². The van der Waals surface area contributed by atoms with Crippen molar-refractivity contribution in [3.8, 4) is 0 Å². The number of rotatable bonds is 2. The number of carboxylic acid groups (broad SMARTS) is 1. The Hall–Kier alpha value is -1.91. The normalized spacial score (nSPS) is 28.7. The fraction of sp³-hybridized carbons (Fsp3) is 0.500. The van der Waals surface area contributed by atoms with Gasteiger partial charge in [-0.1, -0.05) is 0 Å². The van der Waals surface area contributed by atoms with Crippen molar-refractivity contribution in [1.82, 2.24) is 9.88 Å². The molecule has 3 atom stereocenters. The lowest BCUT2D eigenvalue weighted by Crippen LogP contribution is -2.38. The second-order valence-electron chi connectivity index (χ2n) is 5.33. The molecule has 3 unspecified atom stereocenters. The monoisotopic (exact) mass is 260 g/mol. The number of nitrogens with zero attached hydrogens (tertiary/aromatic N) is 2. The Bertz CT molecular complexity index is 543. The maximum atomic E-state index is 12.6. The molecule has 1 amide bonds. The van der Waals surface area contributed by atoms with E-state index in [1.807, 2.05) is 0 Å². The summed E-state index contributed by atoms with van der Waals surface area (Å²) in [6.07, 6.45) is 3.96. The third kappa shape index (κ3) is 1.80. The highest BCUT2D eigenvalue weighted by atomic mass is 16.4. The van der Waals surface area contributed by atoms with E-state index in [0.29, 0.717) is 17.7 Å². The second kappa shape index (κ2) is 4.33. The number of pyridine rings is 1. The van der Waals surface area contributed by atoms with Gasteiger partial charge in [0.2, 0.25) is 0 Å². The average Bonchev–Trinajstić information content (AvgIpc) is 2.96. The quantitative estimate of drug-likeness (QED) is 0.874. The Morgan fingerprint density at radius 3 is 2.84 bits per heavy atom. The predicted octanol–water partition coefficient (Wildman–Crippen LogP) is 1.47. The van der Waals surface area contributed by atoms with Gasteiger partial charge in [-0.3, -0.25) is 14.6 Å². The molecule has 1 aromatic heterocycles. The lowest BCUT2D eigenvalue weighted by molar-refractivity contribution is -0.142. The van der Waals surface area contributed by atoms with Crippen LogP contribution in [0.3, 0.4) is 0 Å². The molecule has 0 aliphatic carbocycles. The summed E-state index contributed by atoms with van der Waals surface area (Å²) in [6, 6.07) is 3.44. The summed E-state index contributed by atoms with van der Waals surface area (Å²) in [5.74, 6) is -1.26. The number of carbonyl (C=O) groups is 2. The van der Waals surface area contributed by atoms with Crippen LogP contribution < -0.4 is 0 Å². The van der Waals surface area contributed by atoms with Crippen molar-refractivity contribution in [3.05, 3.63) is 29.6 Å². The van der Waals surface area contributed by atoms with Crippen molar-refractivity contribution in [2.45, 2.75) is 38.3 Å². The molecule has 100 valence electrons. The Labute approximate surface area is 111 Å². The number of amides is 1. The van der Waals surface area contributed by atoms with Gasteiger partial charge in [-0.15, -0.1) is 0 Å². The molecule has 2 fully saturated rings. The van der Waals surface area contributed by atoms with Crippen molar-refractivity contribution in [2.24, 2.45) is 5.92 Å². The SMILES string of the molecule is Cc1ncccc1C(=O)N1C2CCC1C(C(=O)O)C2. The highest BCUT2D eigenvalue weighted by molar-refractivity contribution is 5.96. The van der Waals surface area contributed by atoms with E-state index in [-0.39, 0.29) is 18.0 Å². The van der Waals surface area contributed by atoms with E-state index in [0.717, 1.165) is 12.8 Å². The maximum Gasteiger partial charge on any atom is 0.308 e. The first-order valence-corrected chi connectivity index (χ1v) is 6.56. The van der Waals surface area contributed by atoms with Crippen LogP contribution in [-0.4, -0.2) is 39.0 Å². The molecular formula is C14H16N2O3. The van der Waals surface area contributed by atoms with Gasteiger partial charge >= 0.3 is 5.97 Å². The smallest absolute Gasteiger partial charge is 0.308 e. The molecule has 2 aliphatic heterocycles. The summed E-state index contributed by atoms with van der Waals surface area (Å²) in [6.45, 7) is 1.81. The van der Waals surface area contributed by atoms with Gasteiger partial charge in [-0.25, -0.2) is 0 Å². The molecule has 5 nitrogen and oxygen atoms in total. The number of aromatic nitrogens is 1. The zero-order chi connectivity index (χ0) is 13.6. The standard InChI is InChI=1S/C14H16N2O3/c1-8-10(3-2-6-15-8)13(17)16-9-4-5-12(16)11(7-9)14(18)19/h2-3,6,9,11-12H,4-5,7H2,1H3,(H,18,19). The average molecular weight is 260 g/mol. The van der Waals surface area contributed by atoms with Crippen LogP contribution in [0.1, 0.15) is 35.3 Å². The van der Waals surface area contributed by atoms with Crippen molar-refractivity contribution in [3.63, 3.8) is 0 Å².